The Bertz CT molecular complexity index is 519. The number of nitrogens with zero attached hydrogens (tertiary/aromatic N) is 2. The summed E-state index contributed by atoms with van der Waals surface area (Å²) in [5, 5.41) is 5.11. The van der Waals surface area contributed by atoms with Crippen molar-refractivity contribution in [2.24, 2.45) is 5.73 Å². The van der Waals surface area contributed by atoms with E-state index < -0.39 is 0 Å². The van der Waals surface area contributed by atoms with Gasteiger partial charge in [-0.15, -0.1) is 0 Å². The lowest BCUT2D eigenvalue weighted by molar-refractivity contribution is 0.0601. The van der Waals surface area contributed by atoms with Gasteiger partial charge in [-0.05, 0) is 18.2 Å². The number of ether oxygens (including phenoxy) is 1. The molecule has 1 aromatic carbocycles. The van der Waals surface area contributed by atoms with Gasteiger partial charge >= 0.3 is 5.97 Å². The van der Waals surface area contributed by atoms with Gasteiger partial charge in [-0.3, -0.25) is 4.68 Å². The highest BCUT2D eigenvalue weighted by Crippen LogP contribution is 2.16. The molecule has 0 fully saturated rings. The lowest BCUT2D eigenvalue weighted by Crippen LogP contribution is -2.10. The number of nitrogens with two attached hydrogens (primary N) is 1. The van der Waals surface area contributed by atoms with Gasteiger partial charge in [-0.25, -0.2) is 4.79 Å². The zero-order valence-electron chi connectivity index (χ0n) is 9.01. The first kappa shape index (κ1) is 10.6. The molecule has 0 spiro atoms. The molecule has 84 valence electrons. The maximum atomic E-state index is 11.3. The van der Waals surface area contributed by atoms with E-state index >= 15 is 0 Å². The number of rotatable bonds is 3. The van der Waals surface area contributed by atoms with Crippen molar-refractivity contribution >= 4 is 16.9 Å². The Kier molecular flexibility index (Phi) is 2.87. The van der Waals surface area contributed by atoms with E-state index in [1.54, 1.807) is 18.3 Å². The molecule has 0 saturated heterocycles. The predicted molar refractivity (Wildman–Crippen MR) is 60.1 cm³/mol. The third-order valence-corrected chi connectivity index (χ3v) is 2.40. The third kappa shape index (κ3) is 1.77. The summed E-state index contributed by atoms with van der Waals surface area (Å²) in [4.78, 5) is 11.3. The largest absolute Gasteiger partial charge is 0.465 e. The van der Waals surface area contributed by atoms with E-state index in [1.165, 1.54) is 7.11 Å². The van der Waals surface area contributed by atoms with E-state index in [0.717, 1.165) is 10.9 Å². The minimum atomic E-state index is -0.339. The van der Waals surface area contributed by atoms with Gasteiger partial charge in [-0.1, -0.05) is 0 Å². The summed E-state index contributed by atoms with van der Waals surface area (Å²) in [6.07, 6.45) is 1.72. The number of aromatic nitrogens is 2. The quantitative estimate of drug-likeness (QED) is 0.774. The summed E-state index contributed by atoms with van der Waals surface area (Å²) in [5.74, 6) is -0.339. The Balaban J connectivity index is 2.44. The van der Waals surface area contributed by atoms with E-state index in [0.29, 0.717) is 18.7 Å². The van der Waals surface area contributed by atoms with Gasteiger partial charge in [0.1, 0.15) is 0 Å². The lowest BCUT2D eigenvalue weighted by Gasteiger charge is -2.02. The summed E-state index contributed by atoms with van der Waals surface area (Å²) in [7, 11) is 1.37. The van der Waals surface area contributed by atoms with Crippen LogP contribution in [0.2, 0.25) is 0 Å². The van der Waals surface area contributed by atoms with Crippen LogP contribution in [0.5, 0.6) is 0 Å². The minimum absolute atomic E-state index is 0.339. The van der Waals surface area contributed by atoms with Crippen molar-refractivity contribution in [1.29, 1.82) is 0 Å². The van der Waals surface area contributed by atoms with Crippen molar-refractivity contribution in [2.75, 3.05) is 13.7 Å². The lowest BCUT2D eigenvalue weighted by atomic mass is 10.1. The molecule has 2 aromatic rings. The molecule has 0 unspecified atom stereocenters. The first-order valence-electron chi connectivity index (χ1n) is 5.00. The zero-order valence-corrected chi connectivity index (χ0v) is 9.01. The van der Waals surface area contributed by atoms with E-state index in [4.69, 9.17) is 5.73 Å². The summed E-state index contributed by atoms with van der Waals surface area (Å²) in [6, 6.07) is 5.34. The maximum absolute atomic E-state index is 11.3. The average molecular weight is 219 g/mol. The average Bonchev–Trinajstić information content (AvgIpc) is 2.71. The molecule has 0 aliphatic rings. The van der Waals surface area contributed by atoms with Crippen molar-refractivity contribution in [2.45, 2.75) is 6.54 Å². The van der Waals surface area contributed by atoms with Crippen LogP contribution in [-0.4, -0.2) is 29.4 Å². The fourth-order valence-corrected chi connectivity index (χ4v) is 1.63. The van der Waals surface area contributed by atoms with Gasteiger partial charge in [0.2, 0.25) is 0 Å². The molecule has 5 heteroatoms. The fraction of sp³-hybridized carbons (Fsp3) is 0.273. The van der Waals surface area contributed by atoms with E-state index in [9.17, 15) is 4.79 Å². The highest BCUT2D eigenvalue weighted by molar-refractivity contribution is 5.94. The Morgan fingerprint density at radius 1 is 1.56 bits per heavy atom. The van der Waals surface area contributed by atoms with Crippen molar-refractivity contribution in [3.63, 3.8) is 0 Å². The summed E-state index contributed by atoms with van der Waals surface area (Å²) >= 11 is 0. The second-order valence-corrected chi connectivity index (χ2v) is 3.42. The van der Waals surface area contributed by atoms with Gasteiger partial charge in [0.15, 0.2) is 0 Å². The third-order valence-electron chi connectivity index (χ3n) is 2.40. The van der Waals surface area contributed by atoms with Crippen molar-refractivity contribution < 1.29 is 9.53 Å². The first-order chi connectivity index (χ1) is 7.76. The van der Waals surface area contributed by atoms with E-state index in [1.807, 2.05) is 10.7 Å². The van der Waals surface area contributed by atoms with Gasteiger partial charge < -0.3 is 10.5 Å². The van der Waals surface area contributed by atoms with Crippen LogP contribution in [0, 0.1) is 0 Å². The number of fused-ring (bicyclic) bond motifs is 1. The van der Waals surface area contributed by atoms with Gasteiger partial charge in [0, 0.05) is 11.9 Å². The standard InChI is InChI=1S/C11H13N3O2/c1-16-11(15)8-2-3-10-9(6-8)7-13-14(10)5-4-12/h2-3,6-7H,4-5,12H2,1H3. The van der Waals surface area contributed by atoms with Crippen molar-refractivity contribution in [1.82, 2.24) is 9.78 Å². The molecule has 16 heavy (non-hydrogen) atoms. The van der Waals surface area contributed by atoms with Gasteiger partial charge in [0.25, 0.3) is 0 Å². The molecule has 0 atom stereocenters. The predicted octanol–water partition coefficient (Wildman–Crippen LogP) is 0.782. The smallest absolute Gasteiger partial charge is 0.337 e. The summed E-state index contributed by atoms with van der Waals surface area (Å²) < 4.78 is 6.47. The van der Waals surface area contributed by atoms with Crippen LogP contribution in [0.15, 0.2) is 24.4 Å². The highest BCUT2D eigenvalue weighted by Gasteiger charge is 2.08. The fourth-order valence-electron chi connectivity index (χ4n) is 1.63. The Hall–Kier alpha value is -1.88. The van der Waals surface area contributed by atoms with Crippen LogP contribution in [-0.2, 0) is 11.3 Å². The Labute approximate surface area is 92.8 Å². The monoisotopic (exact) mass is 219 g/mol. The molecule has 0 bridgehead atoms. The number of hydrogen-bond acceptors (Lipinski definition) is 4. The minimum Gasteiger partial charge on any atom is -0.465 e. The molecule has 1 aromatic heterocycles. The topological polar surface area (TPSA) is 70.1 Å². The summed E-state index contributed by atoms with van der Waals surface area (Å²) in [5.41, 5.74) is 6.98. The second-order valence-electron chi connectivity index (χ2n) is 3.42. The van der Waals surface area contributed by atoms with Gasteiger partial charge in [-0.2, -0.15) is 5.10 Å². The second kappa shape index (κ2) is 4.32. The van der Waals surface area contributed by atoms with Crippen molar-refractivity contribution in [3.05, 3.63) is 30.0 Å². The molecule has 0 aliphatic carbocycles. The van der Waals surface area contributed by atoms with Gasteiger partial charge in [0.05, 0.1) is 30.9 Å². The molecule has 2 rings (SSSR count). The van der Waals surface area contributed by atoms with Crippen LogP contribution >= 0.6 is 0 Å². The molecule has 5 nitrogen and oxygen atoms in total. The van der Waals surface area contributed by atoms with Crippen LogP contribution in [0.1, 0.15) is 10.4 Å². The van der Waals surface area contributed by atoms with E-state index in [-0.39, 0.29) is 5.97 Å². The van der Waals surface area contributed by atoms with E-state index in [2.05, 4.69) is 9.84 Å². The zero-order chi connectivity index (χ0) is 11.5. The first-order valence-corrected chi connectivity index (χ1v) is 5.00. The molecule has 0 amide bonds. The van der Waals surface area contributed by atoms with Crippen molar-refractivity contribution in [3.8, 4) is 0 Å². The molecule has 0 aliphatic heterocycles. The molecule has 1 heterocycles. The van der Waals surface area contributed by atoms with Crippen LogP contribution < -0.4 is 5.73 Å². The number of carbonyl (C=O) groups is 1. The molecular formula is C11H13N3O2. The number of hydrogen-bond donors (Lipinski definition) is 1. The van der Waals surface area contributed by atoms with Crippen LogP contribution in [0.3, 0.4) is 0 Å². The molecular weight excluding hydrogens is 206 g/mol. The Morgan fingerprint density at radius 2 is 2.38 bits per heavy atom. The number of methoxy groups -OCH3 is 1. The highest BCUT2D eigenvalue weighted by atomic mass is 16.5. The number of carbonyl (C=O) groups excluding carboxylic acids is 1. The molecule has 0 radical (unpaired) electrons. The SMILES string of the molecule is COC(=O)c1ccc2c(cnn2CCN)c1. The van der Waals surface area contributed by atoms with Crippen LogP contribution in [0.25, 0.3) is 10.9 Å². The summed E-state index contributed by atoms with van der Waals surface area (Å²) in [6.45, 7) is 1.20. The molecule has 2 N–H and O–H groups in total. The van der Waals surface area contributed by atoms with Crippen LogP contribution in [0.4, 0.5) is 0 Å². The molecule has 0 saturated carbocycles. The Morgan fingerprint density at radius 3 is 3.06 bits per heavy atom. The number of benzene rings is 1. The normalized spacial score (nSPS) is 10.6. The number of esters is 1. The maximum Gasteiger partial charge on any atom is 0.337 e.